The van der Waals surface area contributed by atoms with Crippen LogP contribution in [-0.2, 0) is 13.1 Å². The zero-order chi connectivity index (χ0) is 19.0. The highest BCUT2D eigenvalue weighted by Crippen LogP contribution is 2.28. The second-order valence-electron chi connectivity index (χ2n) is 7.54. The van der Waals surface area contributed by atoms with Crippen LogP contribution in [0.3, 0.4) is 0 Å². The number of rotatable bonds is 4. The van der Waals surface area contributed by atoms with Crippen molar-refractivity contribution in [3.8, 4) is 0 Å². The van der Waals surface area contributed by atoms with Crippen molar-refractivity contribution in [3.63, 3.8) is 0 Å². The molecule has 1 N–H and O–H groups in total. The predicted octanol–water partition coefficient (Wildman–Crippen LogP) is 4.15. The number of carbonyl (C=O) groups excluding carboxylic acids is 2. The zero-order valence-corrected chi connectivity index (χ0v) is 15.8. The molecule has 0 spiro atoms. The lowest BCUT2D eigenvalue weighted by molar-refractivity contribution is 0.0816. The van der Waals surface area contributed by atoms with Gasteiger partial charge in [0.05, 0.1) is 6.54 Å². The van der Waals surface area contributed by atoms with E-state index in [9.17, 15) is 9.59 Å². The number of nitrogens with one attached hydrogen (secondary N) is 1. The number of urea groups is 1. The largest absolute Gasteiger partial charge is 0.464 e. The van der Waals surface area contributed by atoms with Crippen LogP contribution in [0.15, 0.2) is 34.7 Å². The summed E-state index contributed by atoms with van der Waals surface area (Å²) in [5, 5.41) is 3.02. The van der Waals surface area contributed by atoms with Crippen molar-refractivity contribution in [1.29, 1.82) is 0 Å². The molecule has 3 amide bonds. The molecule has 1 aromatic carbocycles. The molecule has 2 heterocycles. The smallest absolute Gasteiger partial charge is 0.322 e. The SMILES string of the molecule is Cc1ccc(CN(C(=O)Nc2ccc3c(c2)CN(C)C3=O)C2CCCC2)o1. The van der Waals surface area contributed by atoms with Crippen molar-refractivity contribution in [1.82, 2.24) is 9.80 Å². The molecule has 2 aromatic rings. The maximum absolute atomic E-state index is 13.0. The van der Waals surface area contributed by atoms with Crippen LogP contribution in [-0.4, -0.2) is 34.8 Å². The lowest BCUT2D eigenvalue weighted by atomic mass is 10.1. The van der Waals surface area contributed by atoms with E-state index in [1.54, 1.807) is 24.1 Å². The molecule has 0 atom stereocenters. The van der Waals surface area contributed by atoms with Gasteiger partial charge in [0.2, 0.25) is 0 Å². The Morgan fingerprint density at radius 2 is 2.04 bits per heavy atom. The van der Waals surface area contributed by atoms with E-state index in [4.69, 9.17) is 4.42 Å². The normalized spacial score (nSPS) is 16.7. The Morgan fingerprint density at radius 3 is 2.74 bits per heavy atom. The summed E-state index contributed by atoms with van der Waals surface area (Å²) in [4.78, 5) is 28.6. The summed E-state index contributed by atoms with van der Waals surface area (Å²) in [7, 11) is 1.79. The second-order valence-corrected chi connectivity index (χ2v) is 7.54. The number of hydrogen-bond donors (Lipinski definition) is 1. The summed E-state index contributed by atoms with van der Waals surface area (Å²) in [6, 6.07) is 9.48. The van der Waals surface area contributed by atoms with E-state index in [0.717, 1.165) is 48.5 Å². The van der Waals surface area contributed by atoms with Crippen molar-refractivity contribution >= 4 is 17.6 Å². The highest BCUT2D eigenvalue weighted by Gasteiger charge is 2.29. The molecule has 0 bridgehead atoms. The van der Waals surface area contributed by atoms with Gasteiger partial charge in [-0.1, -0.05) is 12.8 Å². The van der Waals surface area contributed by atoms with Crippen LogP contribution in [0.2, 0.25) is 0 Å². The lowest BCUT2D eigenvalue weighted by Crippen LogP contribution is -2.41. The van der Waals surface area contributed by atoms with Crippen LogP contribution >= 0.6 is 0 Å². The highest BCUT2D eigenvalue weighted by atomic mass is 16.3. The summed E-state index contributed by atoms with van der Waals surface area (Å²) in [6.07, 6.45) is 4.35. The van der Waals surface area contributed by atoms with Crippen LogP contribution in [0.5, 0.6) is 0 Å². The third-order valence-electron chi connectivity index (χ3n) is 5.49. The molecule has 1 fully saturated rings. The molecule has 1 aromatic heterocycles. The number of anilines is 1. The molecule has 1 aliphatic carbocycles. The summed E-state index contributed by atoms with van der Waals surface area (Å²) >= 11 is 0. The number of furan rings is 1. The number of aryl methyl sites for hydroxylation is 1. The number of nitrogens with zero attached hydrogens (tertiary/aromatic N) is 2. The number of fused-ring (bicyclic) bond motifs is 1. The highest BCUT2D eigenvalue weighted by molar-refractivity contribution is 5.99. The Morgan fingerprint density at radius 1 is 1.26 bits per heavy atom. The molecule has 1 aliphatic heterocycles. The fourth-order valence-electron chi connectivity index (χ4n) is 4.06. The molecule has 142 valence electrons. The Bertz CT molecular complexity index is 867. The van der Waals surface area contributed by atoms with Crippen molar-refractivity contribution in [2.45, 2.75) is 51.7 Å². The molecule has 6 nitrogen and oxygen atoms in total. The summed E-state index contributed by atoms with van der Waals surface area (Å²) < 4.78 is 5.69. The minimum atomic E-state index is -0.117. The summed E-state index contributed by atoms with van der Waals surface area (Å²) in [5.74, 6) is 1.68. The van der Waals surface area contributed by atoms with Gasteiger partial charge in [0.1, 0.15) is 11.5 Å². The van der Waals surface area contributed by atoms with E-state index in [-0.39, 0.29) is 18.0 Å². The molecule has 2 aliphatic rings. The van der Waals surface area contributed by atoms with Gasteiger partial charge < -0.3 is 19.5 Å². The minimum Gasteiger partial charge on any atom is -0.464 e. The van der Waals surface area contributed by atoms with Gasteiger partial charge >= 0.3 is 6.03 Å². The molecule has 4 rings (SSSR count). The topological polar surface area (TPSA) is 65.8 Å². The minimum absolute atomic E-state index is 0.0312. The van der Waals surface area contributed by atoms with Gasteiger partial charge in [0.15, 0.2) is 0 Å². The van der Waals surface area contributed by atoms with Gasteiger partial charge in [0.25, 0.3) is 5.91 Å². The number of benzene rings is 1. The maximum Gasteiger partial charge on any atom is 0.322 e. The average molecular weight is 367 g/mol. The molecule has 0 radical (unpaired) electrons. The first kappa shape index (κ1) is 17.6. The van der Waals surface area contributed by atoms with Crippen molar-refractivity contribution in [2.24, 2.45) is 0 Å². The van der Waals surface area contributed by atoms with E-state index >= 15 is 0 Å². The van der Waals surface area contributed by atoms with E-state index < -0.39 is 0 Å². The van der Waals surface area contributed by atoms with Crippen molar-refractivity contribution < 1.29 is 14.0 Å². The first-order chi connectivity index (χ1) is 13.0. The van der Waals surface area contributed by atoms with Gasteiger partial charge in [-0.2, -0.15) is 0 Å². The summed E-state index contributed by atoms with van der Waals surface area (Å²) in [5.41, 5.74) is 2.39. The first-order valence-electron chi connectivity index (χ1n) is 9.52. The van der Waals surface area contributed by atoms with E-state index in [2.05, 4.69) is 5.32 Å². The zero-order valence-electron chi connectivity index (χ0n) is 15.8. The standard InChI is InChI=1S/C21H25N3O3/c1-14-7-9-18(27-14)13-24(17-5-3-4-6-17)21(26)22-16-8-10-19-15(11-16)12-23(2)20(19)25/h7-11,17H,3-6,12-13H2,1-2H3,(H,22,26). The molecule has 6 heteroatoms. The summed E-state index contributed by atoms with van der Waals surface area (Å²) in [6.45, 7) is 2.96. The van der Waals surface area contributed by atoms with Crippen LogP contribution in [0.1, 0.15) is 53.1 Å². The molecule has 0 unspecified atom stereocenters. The second kappa shape index (κ2) is 7.10. The number of hydrogen-bond acceptors (Lipinski definition) is 3. The molecule has 0 saturated heterocycles. The average Bonchev–Trinajstić information content (AvgIpc) is 3.35. The van der Waals surface area contributed by atoms with Gasteiger partial charge in [-0.15, -0.1) is 0 Å². The van der Waals surface area contributed by atoms with E-state index in [0.29, 0.717) is 18.7 Å². The fourth-order valence-corrected chi connectivity index (χ4v) is 4.06. The van der Waals surface area contributed by atoms with Crippen LogP contribution in [0, 0.1) is 6.92 Å². The van der Waals surface area contributed by atoms with Gasteiger partial charge in [-0.25, -0.2) is 4.79 Å². The number of amides is 3. The lowest BCUT2D eigenvalue weighted by Gasteiger charge is -2.28. The fraction of sp³-hybridized carbons (Fsp3) is 0.429. The third kappa shape index (κ3) is 3.56. The van der Waals surface area contributed by atoms with Gasteiger partial charge in [-0.3, -0.25) is 4.79 Å². The first-order valence-corrected chi connectivity index (χ1v) is 9.52. The van der Waals surface area contributed by atoms with Crippen molar-refractivity contribution in [2.75, 3.05) is 12.4 Å². The van der Waals surface area contributed by atoms with Crippen LogP contribution in [0.25, 0.3) is 0 Å². The Kier molecular flexibility index (Phi) is 4.64. The Hall–Kier alpha value is -2.76. The predicted molar refractivity (Wildman–Crippen MR) is 103 cm³/mol. The molecule has 27 heavy (non-hydrogen) atoms. The van der Waals surface area contributed by atoms with Gasteiger partial charge in [0, 0.05) is 30.9 Å². The Labute approximate surface area is 159 Å². The number of carbonyl (C=O) groups is 2. The Balaban J connectivity index is 1.51. The molecular weight excluding hydrogens is 342 g/mol. The quantitative estimate of drug-likeness (QED) is 0.883. The van der Waals surface area contributed by atoms with Crippen molar-refractivity contribution in [3.05, 3.63) is 53.0 Å². The third-order valence-corrected chi connectivity index (χ3v) is 5.49. The van der Waals surface area contributed by atoms with Crippen LogP contribution in [0.4, 0.5) is 10.5 Å². The monoisotopic (exact) mass is 367 g/mol. The van der Waals surface area contributed by atoms with E-state index in [1.165, 1.54) is 0 Å². The molecular formula is C21H25N3O3. The van der Waals surface area contributed by atoms with E-state index in [1.807, 2.05) is 30.0 Å². The van der Waals surface area contributed by atoms with Crippen LogP contribution < -0.4 is 5.32 Å². The molecule has 1 saturated carbocycles. The maximum atomic E-state index is 13.0. The van der Waals surface area contributed by atoms with Gasteiger partial charge in [-0.05, 0) is 55.7 Å².